The molecule has 0 N–H and O–H groups in total. The number of carbonyl (C=O) groups is 1. The number of aromatic nitrogens is 1. The van der Waals surface area contributed by atoms with Gasteiger partial charge in [-0.1, -0.05) is 0 Å². The minimum Gasteiger partial charge on any atom is -0.378 e. The highest BCUT2D eigenvalue weighted by Crippen LogP contribution is 2.25. The molecular weight excluding hydrogens is 252 g/mol. The Balaban J connectivity index is 2.00. The SMILES string of the molecule is Cc1c(C)n(C)c2ccc(C(=O)N3CCOCC3)cc12. The molecular formula is C16H20N2O2. The molecule has 3 rings (SSSR count). The van der Waals surface area contributed by atoms with Gasteiger partial charge in [-0.05, 0) is 37.6 Å². The van der Waals surface area contributed by atoms with Crippen LogP contribution in [0.3, 0.4) is 0 Å². The van der Waals surface area contributed by atoms with Crippen LogP contribution in [0.25, 0.3) is 10.9 Å². The molecule has 0 unspecified atom stereocenters. The van der Waals surface area contributed by atoms with Crippen molar-refractivity contribution in [3.63, 3.8) is 0 Å². The van der Waals surface area contributed by atoms with Crippen LogP contribution in [0.2, 0.25) is 0 Å². The molecule has 106 valence electrons. The first-order chi connectivity index (χ1) is 9.59. The first-order valence-corrected chi connectivity index (χ1v) is 7.02. The largest absolute Gasteiger partial charge is 0.378 e. The molecule has 0 spiro atoms. The van der Waals surface area contributed by atoms with Gasteiger partial charge in [0.2, 0.25) is 0 Å². The van der Waals surface area contributed by atoms with Crippen LogP contribution >= 0.6 is 0 Å². The lowest BCUT2D eigenvalue weighted by atomic mass is 10.1. The van der Waals surface area contributed by atoms with Gasteiger partial charge in [-0.3, -0.25) is 4.79 Å². The van der Waals surface area contributed by atoms with Crippen molar-refractivity contribution in [1.29, 1.82) is 0 Å². The number of hydrogen-bond donors (Lipinski definition) is 0. The molecule has 1 aliphatic rings. The molecule has 1 aromatic carbocycles. The van der Waals surface area contributed by atoms with E-state index in [0.717, 1.165) is 5.56 Å². The molecule has 1 saturated heterocycles. The molecule has 0 radical (unpaired) electrons. The van der Waals surface area contributed by atoms with Gasteiger partial charge >= 0.3 is 0 Å². The summed E-state index contributed by atoms with van der Waals surface area (Å²) in [5, 5.41) is 1.17. The minimum atomic E-state index is 0.108. The number of amides is 1. The molecule has 0 aliphatic carbocycles. The number of benzene rings is 1. The summed E-state index contributed by atoms with van der Waals surface area (Å²) in [7, 11) is 2.06. The number of ether oxygens (including phenoxy) is 1. The number of nitrogens with zero attached hydrogens (tertiary/aromatic N) is 2. The second-order valence-corrected chi connectivity index (χ2v) is 5.41. The van der Waals surface area contributed by atoms with Gasteiger partial charge < -0.3 is 14.2 Å². The third-order valence-electron chi connectivity index (χ3n) is 4.35. The van der Waals surface area contributed by atoms with E-state index in [4.69, 9.17) is 4.74 Å². The van der Waals surface area contributed by atoms with E-state index < -0.39 is 0 Å². The van der Waals surface area contributed by atoms with Gasteiger partial charge in [-0.25, -0.2) is 0 Å². The quantitative estimate of drug-likeness (QED) is 0.798. The highest BCUT2D eigenvalue weighted by atomic mass is 16.5. The lowest BCUT2D eigenvalue weighted by Crippen LogP contribution is -2.40. The van der Waals surface area contributed by atoms with Gasteiger partial charge in [-0.2, -0.15) is 0 Å². The molecule has 0 atom stereocenters. The molecule has 4 nitrogen and oxygen atoms in total. The summed E-state index contributed by atoms with van der Waals surface area (Å²) in [5.41, 5.74) is 4.45. The Hall–Kier alpha value is -1.81. The maximum Gasteiger partial charge on any atom is 0.254 e. The molecule has 0 bridgehead atoms. The average molecular weight is 272 g/mol. The second-order valence-electron chi connectivity index (χ2n) is 5.41. The van der Waals surface area contributed by atoms with E-state index in [2.05, 4.69) is 25.5 Å². The normalized spacial score (nSPS) is 15.8. The van der Waals surface area contributed by atoms with Crippen LogP contribution in [0.15, 0.2) is 18.2 Å². The minimum absolute atomic E-state index is 0.108. The Labute approximate surface area is 118 Å². The number of hydrogen-bond acceptors (Lipinski definition) is 2. The zero-order chi connectivity index (χ0) is 14.3. The molecule has 4 heteroatoms. The predicted octanol–water partition coefficient (Wildman–Crippen LogP) is 2.27. The monoisotopic (exact) mass is 272 g/mol. The van der Waals surface area contributed by atoms with Gasteiger partial charge in [0.1, 0.15) is 0 Å². The number of aryl methyl sites for hydroxylation is 2. The highest BCUT2D eigenvalue weighted by molar-refractivity contribution is 5.99. The number of morpholine rings is 1. The van der Waals surface area contributed by atoms with Crippen LogP contribution in [0, 0.1) is 13.8 Å². The van der Waals surface area contributed by atoms with Crippen molar-refractivity contribution in [2.75, 3.05) is 26.3 Å². The summed E-state index contributed by atoms with van der Waals surface area (Å²) in [5.74, 6) is 0.108. The van der Waals surface area contributed by atoms with Crippen molar-refractivity contribution < 1.29 is 9.53 Å². The van der Waals surface area contributed by atoms with E-state index in [1.807, 2.05) is 23.1 Å². The summed E-state index contributed by atoms with van der Waals surface area (Å²) >= 11 is 0. The first kappa shape index (κ1) is 13.2. The van der Waals surface area contributed by atoms with Crippen LogP contribution in [0.4, 0.5) is 0 Å². The molecule has 2 heterocycles. The Morgan fingerprint density at radius 3 is 2.60 bits per heavy atom. The Morgan fingerprint density at radius 2 is 1.90 bits per heavy atom. The second kappa shape index (κ2) is 4.94. The fourth-order valence-corrected chi connectivity index (χ4v) is 2.84. The van der Waals surface area contributed by atoms with E-state index in [1.54, 1.807) is 0 Å². The lowest BCUT2D eigenvalue weighted by molar-refractivity contribution is 0.0303. The van der Waals surface area contributed by atoms with E-state index >= 15 is 0 Å². The predicted molar refractivity (Wildman–Crippen MR) is 79.1 cm³/mol. The van der Waals surface area contributed by atoms with Gasteiger partial charge in [-0.15, -0.1) is 0 Å². The fraction of sp³-hybridized carbons (Fsp3) is 0.438. The van der Waals surface area contributed by atoms with E-state index in [1.165, 1.54) is 22.2 Å². The van der Waals surface area contributed by atoms with Crippen LogP contribution in [-0.4, -0.2) is 41.7 Å². The standard InChI is InChI=1S/C16H20N2O2/c1-11-12(2)17(3)15-5-4-13(10-14(11)15)16(19)18-6-8-20-9-7-18/h4-5,10H,6-9H2,1-3H3. The van der Waals surface area contributed by atoms with Crippen molar-refractivity contribution >= 4 is 16.8 Å². The highest BCUT2D eigenvalue weighted by Gasteiger charge is 2.19. The molecule has 1 amide bonds. The van der Waals surface area contributed by atoms with Crippen molar-refractivity contribution in [2.45, 2.75) is 13.8 Å². The zero-order valence-corrected chi connectivity index (χ0v) is 12.3. The van der Waals surface area contributed by atoms with Crippen molar-refractivity contribution in [3.05, 3.63) is 35.0 Å². The average Bonchev–Trinajstić information content (AvgIpc) is 2.72. The molecule has 1 aromatic heterocycles. The van der Waals surface area contributed by atoms with Crippen LogP contribution in [0.1, 0.15) is 21.6 Å². The van der Waals surface area contributed by atoms with Crippen molar-refractivity contribution in [2.24, 2.45) is 7.05 Å². The van der Waals surface area contributed by atoms with Crippen LogP contribution < -0.4 is 0 Å². The molecule has 1 aliphatic heterocycles. The Morgan fingerprint density at radius 1 is 1.20 bits per heavy atom. The van der Waals surface area contributed by atoms with Gasteiger partial charge in [0.15, 0.2) is 0 Å². The Kier molecular flexibility index (Phi) is 3.26. The first-order valence-electron chi connectivity index (χ1n) is 7.02. The van der Waals surface area contributed by atoms with Gasteiger partial charge in [0.25, 0.3) is 5.91 Å². The Bertz CT molecular complexity index is 667. The van der Waals surface area contributed by atoms with E-state index in [0.29, 0.717) is 26.3 Å². The summed E-state index contributed by atoms with van der Waals surface area (Å²) in [6, 6.07) is 6.00. The summed E-state index contributed by atoms with van der Waals surface area (Å²) in [6.07, 6.45) is 0. The number of carbonyl (C=O) groups excluding carboxylic acids is 1. The maximum absolute atomic E-state index is 12.5. The van der Waals surface area contributed by atoms with E-state index in [-0.39, 0.29) is 5.91 Å². The molecule has 1 fully saturated rings. The molecule has 20 heavy (non-hydrogen) atoms. The topological polar surface area (TPSA) is 34.5 Å². The fourth-order valence-electron chi connectivity index (χ4n) is 2.84. The van der Waals surface area contributed by atoms with E-state index in [9.17, 15) is 4.79 Å². The molecule has 0 saturated carbocycles. The third-order valence-corrected chi connectivity index (χ3v) is 4.35. The lowest BCUT2D eigenvalue weighted by Gasteiger charge is -2.26. The maximum atomic E-state index is 12.5. The third kappa shape index (κ3) is 2.00. The van der Waals surface area contributed by atoms with Crippen molar-refractivity contribution in [3.8, 4) is 0 Å². The van der Waals surface area contributed by atoms with Crippen LogP contribution in [0.5, 0.6) is 0 Å². The summed E-state index contributed by atoms with van der Waals surface area (Å²) in [6.45, 7) is 6.86. The zero-order valence-electron chi connectivity index (χ0n) is 12.3. The number of fused-ring (bicyclic) bond motifs is 1. The summed E-state index contributed by atoms with van der Waals surface area (Å²) < 4.78 is 7.47. The van der Waals surface area contributed by atoms with Crippen molar-refractivity contribution in [1.82, 2.24) is 9.47 Å². The van der Waals surface area contributed by atoms with Crippen LogP contribution in [-0.2, 0) is 11.8 Å². The van der Waals surface area contributed by atoms with Gasteiger partial charge in [0.05, 0.1) is 13.2 Å². The van der Waals surface area contributed by atoms with Gasteiger partial charge in [0, 0.05) is 42.3 Å². The smallest absolute Gasteiger partial charge is 0.254 e. The molecule has 2 aromatic rings. The number of rotatable bonds is 1. The summed E-state index contributed by atoms with van der Waals surface area (Å²) in [4.78, 5) is 14.4.